The first-order chi connectivity index (χ1) is 11.1. The zero-order chi connectivity index (χ0) is 16.2. The lowest BCUT2D eigenvalue weighted by Crippen LogP contribution is -2.50. The standard InChI is InChI=1S/C17H17Cl2N3O/c18-15-7-6-13(12-16(15)19)20-17(23)22-10-8-21(9-11-22)14-4-2-1-3-5-14/h1-7,12H,8-11H2,(H,20,23). The number of carbonyl (C=O) groups is 1. The van der Waals surface area contributed by atoms with Crippen LogP contribution in [0.4, 0.5) is 16.2 Å². The van der Waals surface area contributed by atoms with Gasteiger partial charge in [0, 0.05) is 37.6 Å². The van der Waals surface area contributed by atoms with Crippen LogP contribution in [0.5, 0.6) is 0 Å². The summed E-state index contributed by atoms with van der Waals surface area (Å²) in [6.45, 7) is 3.00. The summed E-state index contributed by atoms with van der Waals surface area (Å²) < 4.78 is 0. The summed E-state index contributed by atoms with van der Waals surface area (Å²) in [6.07, 6.45) is 0. The maximum atomic E-state index is 12.3. The highest BCUT2D eigenvalue weighted by atomic mass is 35.5. The molecule has 1 N–H and O–H groups in total. The van der Waals surface area contributed by atoms with Gasteiger partial charge in [-0.15, -0.1) is 0 Å². The smallest absolute Gasteiger partial charge is 0.321 e. The van der Waals surface area contributed by atoms with E-state index < -0.39 is 0 Å². The van der Waals surface area contributed by atoms with E-state index in [0.29, 0.717) is 28.8 Å². The number of amides is 2. The van der Waals surface area contributed by atoms with Crippen molar-refractivity contribution in [3.05, 3.63) is 58.6 Å². The fourth-order valence-electron chi connectivity index (χ4n) is 2.58. The SMILES string of the molecule is O=C(Nc1ccc(Cl)c(Cl)c1)N1CCN(c2ccccc2)CC1. The molecule has 2 amide bonds. The zero-order valence-corrected chi connectivity index (χ0v) is 14.0. The van der Waals surface area contributed by atoms with Crippen molar-refractivity contribution >= 4 is 40.6 Å². The van der Waals surface area contributed by atoms with Crippen molar-refractivity contribution in [1.29, 1.82) is 0 Å². The van der Waals surface area contributed by atoms with Crippen LogP contribution in [0, 0.1) is 0 Å². The van der Waals surface area contributed by atoms with Gasteiger partial charge in [0.2, 0.25) is 0 Å². The summed E-state index contributed by atoms with van der Waals surface area (Å²) >= 11 is 11.8. The normalized spacial score (nSPS) is 14.7. The van der Waals surface area contributed by atoms with Crippen LogP contribution in [0.1, 0.15) is 0 Å². The lowest BCUT2D eigenvalue weighted by molar-refractivity contribution is 0.208. The maximum absolute atomic E-state index is 12.3. The molecule has 0 atom stereocenters. The summed E-state index contributed by atoms with van der Waals surface area (Å²) in [6, 6.07) is 15.2. The van der Waals surface area contributed by atoms with Gasteiger partial charge >= 0.3 is 6.03 Å². The molecule has 0 bridgehead atoms. The second kappa shape index (κ2) is 7.11. The van der Waals surface area contributed by atoms with Crippen molar-refractivity contribution in [2.45, 2.75) is 0 Å². The van der Waals surface area contributed by atoms with Gasteiger partial charge < -0.3 is 15.1 Å². The number of halogens is 2. The minimum atomic E-state index is -0.115. The summed E-state index contributed by atoms with van der Waals surface area (Å²) in [4.78, 5) is 16.4. The molecule has 0 saturated carbocycles. The second-order valence-corrected chi connectivity index (χ2v) is 6.18. The average Bonchev–Trinajstić information content (AvgIpc) is 2.59. The first kappa shape index (κ1) is 16.0. The van der Waals surface area contributed by atoms with Crippen molar-refractivity contribution in [1.82, 2.24) is 4.90 Å². The number of carbonyl (C=O) groups excluding carboxylic acids is 1. The van der Waals surface area contributed by atoms with Gasteiger partial charge in [0.05, 0.1) is 10.0 Å². The van der Waals surface area contributed by atoms with E-state index in [9.17, 15) is 4.79 Å². The first-order valence-electron chi connectivity index (χ1n) is 7.44. The molecule has 0 aromatic heterocycles. The van der Waals surface area contributed by atoms with E-state index in [4.69, 9.17) is 23.2 Å². The molecule has 120 valence electrons. The third-order valence-electron chi connectivity index (χ3n) is 3.86. The van der Waals surface area contributed by atoms with Crippen LogP contribution in [0.3, 0.4) is 0 Å². The van der Waals surface area contributed by atoms with Gasteiger partial charge in [-0.3, -0.25) is 0 Å². The number of para-hydroxylation sites is 1. The number of anilines is 2. The predicted molar refractivity (Wildman–Crippen MR) is 95.7 cm³/mol. The van der Waals surface area contributed by atoms with E-state index >= 15 is 0 Å². The quantitative estimate of drug-likeness (QED) is 0.874. The van der Waals surface area contributed by atoms with Crippen LogP contribution >= 0.6 is 23.2 Å². The van der Waals surface area contributed by atoms with Gasteiger partial charge in [-0.2, -0.15) is 0 Å². The molecule has 1 aliphatic heterocycles. The topological polar surface area (TPSA) is 35.6 Å². The van der Waals surface area contributed by atoms with E-state index in [-0.39, 0.29) is 6.03 Å². The average molecular weight is 350 g/mol. The third-order valence-corrected chi connectivity index (χ3v) is 4.60. The van der Waals surface area contributed by atoms with E-state index in [2.05, 4.69) is 22.3 Å². The molecule has 0 spiro atoms. The van der Waals surface area contributed by atoms with Gasteiger partial charge in [0.1, 0.15) is 0 Å². The molecular weight excluding hydrogens is 333 g/mol. The largest absolute Gasteiger partial charge is 0.368 e. The molecular formula is C17H17Cl2N3O. The molecule has 3 rings (SSSR count). The Hall–Kier alpha value is -1.91. The molecule has 1 saturated heterocycles. The number of nitrogens with zero attached hydrogens (tertiary/aromatic N) is 2. The first-order valence-corrected chi connectivity index (χ1v) is 8.20. The van der Waals surface area contributed by atoms with Crippen molar-refractivity contribution in [3.8, 4) is 0 Å². The zero-order valence-electron chi connectivity index (χ0n) is 12.5. The fraction of sp³-hybridized carbons (Fsp3) is 0.235. The van der Waals surface area contributed by atoms with Crippen LogP contribution < -0.4 is 10.2 Å². The highest BCUT2D eigenvalue weighted by molar-refractivity contribution is 6.42. The Balaban J connectivity index is 1.57. The lowest BCUT2D eigenvalue weighted by atomic mass is 10.2. The highest BCUT2D eigenvalue weighted by Crippen LogP contribution is 2.25. The summed E-state index contributed by atoms with van der Waals surface area (Å²) in [5.74, 6) is 0. The fourth-order valence-corrected chi connectivity index (χ4v) is 2.88. The van der Waals surface area contributed by atoms with Gasteiger partial charge in [0.15, 0.2) is 0 Å². The third kappa shape index (κ3) is 3.89. The Bertz CT molecular complexity index is 685. The maximum Gasteiger partial charge on any atom is 0.321 e. The summed E-state index contributed by atoms with van der Waals surface area (Å²) in [5.41, 5.74) is 1.84. The molecule has 4 nitrogen and oxygen atoms in total. The van der Waals surface area contributed by atoms with Crippen LogP contribution in [0.25, 0.3) is 0 Å². The minimum Gasteiger partial charge on any atom is -0.368 e. The van der Waals surface area contributed by atoms with Crippen molar-refractivity contribution < 1.29 is 4.79 Å². The van der Waals surface area contributed by atoms with Crippen LogP contribution in [-0.2, 0) is 0 Å². The monoisotopic (exact) mass is 349 g/mol. The number of piperazine rings is 1. The summed E-state index contributed by atoms with van der Waals surface area (Å²) in [7, 11) is 0. The lowest BCUT2D eigenvalue weighted by Gasteiger charge is -2.36. The second-order valence-electron chi connectivity index (χ2n) is 5.37. The van der Waals surface area contributed by atoms with Crippen molar-refractivity contribution in [2.24, 2.45) is 0 Å². The van der Waals surface area contributed by atoms with Crippen molar-refractivity contribution in [2.75, 3.05) is 36.4 Å². The molecule has 1 heterocycles. The molecule has 1 fully saturated rings. The minimum absolute atomic E-state index is 0.115. The van der Waals surface area contributed by atoms with E-state index in [0.717, 1.165) is 13.1 Å². The molecule has 2 aromatic rings. The summed E-state index contributed by atoms with van der Waals surface area (Å²) in [5, 5.41) is 3.76. The number of nitrogens with one attached hydrogen (secondary N) is 1. The molecule has 0 aliphatic carbocycles. The van der Waals surface area contributed by atoms with E-state index in [1.165, 1.54) is 5.69 Å². The van der Waals surface area contributed by atoms with E-state index in [1.807, 2.05) is 23.1 Å². The van der Waals surface area contributed by atoms with Gasteiger partial charge in [0.25, 0.3) is 0 Å². The Morgan fingerprint density at radius 2 is 1.61 bits per heavy atom. The van der Waals surface area contributed by atoms with Crippen LogP contribution in [-0.4, -0.2) is 37.1 Å². The molecule has 2 aromatic carbocycles. The number of rotatable bonds is 2. The Labute approximate surface area is 145 Å². The van der Waals surface area contributed by atoms with Crippen LogP contribution in [0.2, 0.25) is 10.0 Å². The van der Waals surface area contributed by atoms with E-state index in [1.54, 1.807) is 18.2 Å². The van der Waals surface area contributed by atoms with Gasteiger partial charge in [-0.1, -0.05) is 41.4 Å². The predicted octanol–water partition coefficient (Wildman–Crippen LogP) is 4.35. The van der Waals surface area contributed by atoms with Crippen molar-refractivity contribution in [3.63, 3.8) is 0 Å². The number of urea groups is 1. The Morgan fingerprint density at radius 3 is 2.26 bits per heavy atom. The molecule has 23 heavy (non-hydrogen) atoms. The number of benzene rings is 2. The number of hydrogen-bond donors (Lipinski definition) is 1. The number of hydrogen-bond acceptors (Lipinski definition) is 2. The van der Waals surface area contributed by atoms with Crippen LogP contribution in [0.15, 0.2) is 48.5 Å². The molecule has 0 unspecified atom stereocenters. The molecule has 6 heteroatoms. The molecule has 0 radical (unpaired) electrons. The Morgan fingerprint density at radius 1 is 0.913 bits per heavy atom. The van der Waals surface area contributed by atoms with Gasteiger partial charge in [-0.25, -0.2) is 4.79 Å². The highest BCUT2D eigenvalue weighted by Gasteiger charge is 2.21. The van der Waals surface area contributed by atoms with Gasteiger partial charge in [-0.05, 0) is 30.3 Å². The molecule has 1 aliphatic rings. The Kier molecular flexibility index (Phi) is 4.94.